The lowest BCUT2D eigenvalue weighted by atomic mass is 9.83. The number of sulfone groups is 1. The van der Waals surface area contributed by atoms with E-state index in [0.717, 1.165) is 72.2 Å². The zero-order valence-electron chi connectivity index (χ0n) is 20.9. The van der Waals surface area contributed by atoms with Crippen LogP contribution in [0.1, 0.15) is 60.0 Å². The second-order valence-electron chi connectivity index (χ2n) is 10.1. The molecule has 4 heterocycles. The zero-order chi connectivity index (χ0) is 26.1. The summed E-state index contributed by atoms with van der Waals surface area (Å²) in [5.74, 6) is 0.507. The van der Waals surface area contributed by atoms with E-state index in [2.05, 4.69) is 32.3 Å². The van der Waals surface area contributed by atoms with Gasteiger partial charge in [0.05, 0.1) is 15.8 Å². The van der Waals surface area contributed by atoms with E-state index in [1.807, 2.05) is 18.3 Å². The molecule has 4 aromatic rings. The lowest BCUT2D eigenvalue weighted by molar-refractivity contribution is 0.0626. The first-order valence-corrected chi connectivity index (χ1v) is 15.4. The highest BCUT2D eigenvalue weighted by Gasteiger charge is 2.37. The molecule has 0 amide bonds. The molecule has 200 valence electrons. The van der Waals surface area contributed by atoms with Gasteiger partial charge in [-0.1, -0.05) is 12.1 Å². The van der Waals surface area contributed by atoms with E-state index >= 15 is 0 Å². The van der Waals surface area contributed by atoms with Crippen molar-refractivity contribution < 1.29 is 17.6 Å². The number of rotatable bonds is 10. The summed E-state index contributed by atoms with van der Waals surface area (Å²) in [6.45, 7) is 1.57. The molecule has 0 radical (unpaired) electrons. The third kappa shape index (κ3) is 5.55. The molecule has 1 saturated heterocycles. The van der Waals surface area contributed by atoms with Crippen LogP contribution in [0.4, 0.5) is 0 Å². The molecular formula is C27H30N4O5S2. The lowest BCUT2D eigenvalue weighted by Gasteiger charge is -2.27. The molecule has 1 saturated carbocycles. The highest BCUT2D eigenvalue weighted by atomic mass is 32.2. The van der Waals surface area contributed by atoms with Crippen molar-refractivity contribution in [1.82, 2.24) is 20.2 Å². The molecule has 9 nitrogen and oxygen atoms in total. The Bertz CT molecular complexity index is 1540. The van der Waals surface area contributed by atoms with Gasteiger partial charge in [0.1, 0.15) is 5.01 Å². The first-order valence-electron chi connectivity index (χ1n) is 13.1. The van der Waals surface area contributed by atoms with Gasteiger partial charge >= 0.3 is 5.76 Å². The van der Waals surface area contributed by atoms with Gasteiger partial charge in [0.25, 0.3) is 0 Å². The molecule has 3 aromatic heterocycles. The topological polar surface area (TPSA) is 131 Å². The Morgan fingerprint density at radius 1 is 1.03 bits per heavy atom. The molecule has 1 atom stereocenters. The van der Waals surface area contributed by atoms with Crippen molar-refractivity contribution in [2.45, 2.75) is 61.0 Å². The van der Waals surface area contributed by atoms with E-state index in [0.29, 0.717) is 29.5 Å². The number of ether oxygens (including phenoxy) is 1. The molecule has 11 heteroatoms. The molecule has 2 aliphatic rings. The van der Waals surface area contributed by atoms with Crippen molar-refractivity contribution in [3.05, 3.63) is 75.2 Å². The molecule has 1 unspecified atom stereocenters. The number of aromatic nitrogens is 4. The molecule has 2 N–H and O–H groups in total. The number of aromatic amines is 2. The number of aryl methyl sites for hydroxylation is 2. The van der Waals surface area contributed by atoms with E-state index in [9.17, 15) is 13.2 Å². The molecule has 1 aliphatic carbocycles. The minimum Gasteiger partial charge on any atom is -0.392 e. The number of hydrogen-bond donors (Lipinski definition) is 2. The zero-order valence-corrected chi connectivity index (χ0v) is 22.5. The molecule has 38 heavy (non-hydrogen) atoms. The first kappa shape index (κ1) is 25.3. The number of nitrogens with one attached hydrogen (secondary N) is 2. The van der Waals surface area contributed by atoms with E-state index < -0.39 is 15.6 Å². The van der Waals surface area contributed by atoms with Crippen LogP contribution in [0.15, 0.2) is 56.7 Å². The molecular weight excluding hydrogens is 524 g/mol. The SMILES string of the molecule is O=c1[nH]nc(CCc2cnc(-c3ccc(C(CC4CCOCC4)c4ccc(S(=O)(=O)C5CC5)cc4)[nH]3)s2)o1. The average Bonchev–Trinajstić information content (AvgIpc) is 3.30. The maximum atomic E-state index is 12.7. The van der Waals surface area contributed by atoms with E-state index in [4.69, 9.17) is 9.15 Å². The molecule has 1 aromatic carbocycles. The van der Waals surface area contributed by atoms with Crippen molar-refractivity contribution in [3.8, 4) is 10.7 Å². The smallest absolute Gasteiger partial charge is 0.392 e. The number of nitrogens with zero attached hydrogens (tertiary/aromatic N) is 2. The maximum Gasteiger partial charge on any atom is 0.434 e. The summed E-state index contributed by atoms with van der Waals surface area (Å²) in [6, 6.07) is 11.7. The minimum atomic E-state index is -3.21. The van der Waals surface area contributed by atoms with Gasteiger partial charge in [-0.15, -0.1) is 16.4 Å². The van der Waals surface area contributed by atoms with Gasteiger partial charge in [-0.25, -0.2) is 23.3 Å². The van der Waals surface area contributed by atoms with Crippen molar-refractivity contribution in [1.29, 1.82) is 0 Å². The summed E-state index contributed by atoms with van der Waals surface area (Å²) in [7, 11) is -3.21. The summed E-state index contributed by atoms with van der Waals surface area (Å²) in [5.41, 5.74) is 3.16. The van der Waals surface area contributed by atoms with Gasteiger partial charge in [0.15, 0.2) is 9.84 Å². The summed E-state index contributed by atoms with van der Waals surface area (Å²) in [5, 5.41) is 6.83. The summed E-state index contributed by atoms with van der Waals surface area (Å²) < 4.78 is 36.0. The van der Waals surface area contributed by atoms with Gasteiger partial charge < -0.3 is 14.1 Å². The second kappa shape index (κ2) is 10.6. The highest BCUT2D eigenvalue weighted by Crippen LogP contribution is 2.38. The predicted octanol–water partition coefficient (Wildman–Crippen LogP) is 4.48. The summed E-state index contributed by atoms with van der Waals surface area (Å²) in [6.07, 6.45) is 7.62. The monoisotopic (exact) mass is 554 g/mol. The van der Waals surface area contributed by atoms with Gasteiger partial charge in [0.2, 0.25) is 5.89 Å². The van der Waals surface area contributed by atoms with Crippen LogP contribution in [0.3, 0.4) is 0 Å². The first-order chi connectivity index (χ1) is 18.5. The van der Waals surface area contributed by atoms with Crippen LogP contribution >= 0.6 is 11.3 Å². The number of hydrogen-bond acceptors (Lipinski definition) is 8. The Morgan fingerprint density at radius 3 is 2.53 bits per heavy atom. The predicted molar refractivity (Wildman–Crippen MR) is 143 cm³/mol. The Morgan fingerprint density at radius 2 is 1.82 bits per heavy atom. The van der Waals surface area contributed by atoms with Crippen molar-refractivity contribution in [2.24, 2.45) is 5.92 Å². The van der Waals surface area contributed by atoms with Crippen LogP contribution < -0.4 is 5.76 Å². The van der Waals surface area contributed by atoms with Gasteiger partial charge in [-0.2, -0.15) is 0 Å². The van der Waals surface area contributed by atoms with Crippen molar-refractivity contribution in [3.63, 3.8) is 0 Å². The molecule has 0 bridgehead atoms. The van der Waals surface area contributed by atoms with Crippen LogP contribution in [0.5, 0.6) is 0 Å². The van der Waals surface area contributed by atoms with Gasteiger partial charge in [-0.05, 0) is 74.3 Å². The maximum absolute atomic E-state index is 12.7. The fraction of sp³-hybridized carbons (Fsp3) is 0.444. The van der Waals surface area contributed by atoms with Crippen LogP contribution in [-0.4, -0.2) is 47.0 Å². The number of H-pyrrole nitrogens is 2. The Balaban J connectivity index is 1.22. The fourth-order valence-electron chi connectivity index (χ4n) is 5.10. The van der Waals surface area contributed by atoms with E-state index in [1.165, 1.54) is 0 Å². The highest BCUT2D eigenvalue weighted by molar-refractivity contribution is 7.92. The summed E-state index contributed by atoms with van der Waals surface area (Å²) >= 11 is 1.60. The fourth-order valence-corrected chi connectivity index (χ4v) is 7.65. The third-order valence-corrected chi connectivity index (χ3v) is 10.8. The lowest BCUT2D eigenvalue weighted by Crippen LogP contribution is -2.19. The largest absolute Gasteiger partial charge is 0.434 e. The quantitative estimate of drug-likeness (QED) is 0.295. The standard InChI is InChI=1S/C27H30N4O5S2/c32-27-31-30-25(36-27)10-3-19-16-28-26(37-19)24-9-8-23(29-24)22(15-17-11-13-35-14-12-17)18-1-4-20(5-2-18)38(33,34)21-6-7-21/h1-2,4-5,8-9,16-17,21-22,29H,3,6-7,10-15H2,(H,31,32). The van der Waals surface area contributed by atoms with Crippen LogP contribution in [-0.2, 0) is 27.4 Å². The van der Waals surface area contributed by atoms with Crippen molar-refractivity contribution in [2.75, 3.05) is 13.2 Å². The van der Waals surface area contributed by atoms with Crippen LogP contribution in [0.25, 0.3) is 10.7 Å². The van der Waals surface area contributed by atoms with Crippen LogP contribution in [0, 0.1) is 5.92 Å². The minimum absolute atomic E-state index is 0.117. The Kier molecular flexibility index (Phi) is 7.07. The Labute approximate surface area is 224 Å². The average molecular weight is 555 g/mol. The molecule has 0 spiro atoms. The number of thiazole rings is 1. The van der Waals surface area contributed by atoms with E-state index in [-0.39, 0.29) is 11.2 Å². The summed E-state index contributed by atoms with van der Waals surface area (Å²) in [4.78, 5) is 20.8. The molecule has 2 fully saturated rings. The number of benzene rings is 1. The van der Waals surface area contributed by atoms with Crippen LogP contribution in [0.2, 0.25) is 0 Å². The second-order valence-corrected chi connectivity index (χ2v) is 13.5. The van der Waals surface area contributed by atoms with Gasteiger partial charge in [-0.3, -0.25) is 0 Å². The Hall–Kier alpha value is -3.02. The van der Waals surface area contributed by atoms with Gasteiger partial charge in [0, 0.05) is 42.3 Å². The normalized spacial score (nSPS) is 17.6. The molecule has 6 rings (SSSR count). The third-order valence-electron chi connectivity index (χ3n) is 7.42. The molecule has 1 aliphatic heterocycles. The van der Waals surface area contributed by atoms with Crippen molar-refractivity contribution >= 4 is 21.2 Å². The van der Waals surface area contributed by atoms with E-state index in [1.54, 1.807) is 23.5 Å².